The van der Waals surface area contributed by atoms with Crippen LogP contribution in [0.2, 0.25) is 0 Å². The second kappa shape index (κ2) is 6.12. The number of hydrogen-bond acceptors (Lipinski definition) is 4. The predicted molar refractivity (Wildman–Crippen MR) is 63.3 cm³/mol. The number of aromatic amines is 1. The summed E-state index contributed by atoms with van der Waals surface area (Å²) >= 11 is 0. The van der Waals surface area contributed by atoms with Gasteiger partial charge >= 0.3 is 0 Å². The van der Waals surface area contributed by atoms with Gasteiger partial charge in [-0.2, -0.15) is 5.10 Å². The molecule has 5 nitrogen and oxygen atoms in total. The van der Waals surface area contributed by atoms with Gasteiger partial charge in [-0.05, 0) is 18.8 Å². The lowest BCUT2D eigenvalue weighted by Gasteiger charge is -2.19. The molecule has 1 saturated heterocycles. The number of H-pyrrole nitrogens is 1. The smallest absolute Gasteiger partial charge is 0.159 e. The number of ether oxygens (including phenoxy) is 2. The zero-order valence-corrected chi connectivity index (χ0v) is 10.6. The number of nitrogens with one attached hydrogen (secondary N) is 1. The Hall–Kier alpha value is -0.940. The summed E-state index contributed by atoms with van der Waals surface area (Å²) in [5, 5.41) is 6.73. The first-order chi connectivity index (χ1) is 8.25. The van der Waals surface area contributed by atoms with Gasteiger partial charge in [0.25, 0.3) is 0 Å². The maximum absolute atomic E-state index is 5.78. The normalized spacial score (nSPS) is 26.1. The highest BCUT2D eigenvalue weighted by molar-refractivity contribution is 4.81. The molecular weight excluding hydrogens is 218 g/mol. The molecule has 1 fully saturated rings. The largest absolute Gasteiger partial charge is 0.352 e. The van der Waals surface area contributed by atoms with Crippen molar-refractivity contribution in [3.05, 3.63) is 12.2 Å². The SMILES string of the molecule is CC(C)C1OCCC(CCc2ncn[nH]2)CO1. The lowest BCUT2D eigenvalue weighted by Crippen LogP contribution is -2.22. The molecule has 5 heteroatoms. The van der Waals surface area contributed by atoms with Crippen LogP contribution in [0, 0.1) is 11.8 Å². The first kappa shape index (κ1) is 12.5. The highest BCUT2D eigenvalue weighted by Crippen LogP contribution is 2.20. The highest BCUT2D eigenvalue weighted by Gasteiger charge is 2.21. The van der Waals surface area contributed by atoms with Gasteiger partial charge in [0.2, 0.25) is 0 Å². The molecule has 0 amide bonds. The molecule has 1 aromatic rings. The van der Waals surface area contributed by atoms with Crippen molar-refractivity contribution >= 4 is 0 Å². The van der Waals surface area contributed by atoms with Gasteiger partial charge in [0.15, 0.2) is 6.29 Å². The number of rotatable bonds is 4. The fraction of sp³-hybridized carbons (Fsp3) is 0.833. The molecule has 2 heterocycles. The molecule has 0 aliphatic carbocycles. The van der Waals surface area contributed by atoms with Crippen LogP contribution >= 0.6 is 0 Å². The van der Waals surface area contributed by atoms with E-state index >= 15 is 0 Å². The van der Waals surface area contributed by atoms with E-state index in [1.807, 2.05) is 0 Å². The molecule has 0 aromatic carbocycles. The first-order valence-corrected chi connectivity index (χ1v) is 6.33. The molecule has 2 unspecified atom stereocenters. The Morgan fingerprint density at radius 1 is 1.47 bits per heavy atom. The van der Waals surface area contributed by atoms with Crippen LogP contribution in [0.25, 0.3) is 0 Å². The topological polar surface area (TPSA) is 60.0 Å². The van der Waals surface area contributed by atoms with Crippen molar-refractivity contribution in [2.45, 2.75) is 39.4 Å². The number of nitrogens with zero attached hydrogens (tertiary/aromatic N) is 2. The van der Waals surface area contributed by atoms with Crippen molar-refractivity contribution in [3.63, 3.8) is 0 Å². The maximum Gasteiger partial charge on any atom is 0.159 e. The molecule has 1 aromatic heterocycles. The van der Waals surface area contributed by atoms with Crippen LogP contribution in [0.5, 0.6) is 0 Å². The van der Waals surface area contributed by atoms with Gasteiger partial charge in [-0.3, -0.25) is 5.10 Å². The zero-order valence-electron chi connectivity index (χ0n) is 10.6. The highest BCUT2D eigenvalue weighted by atomic mass is 16.7. The molecule has 0 saturated carbocycles. The average molecular weight is 239 g/mol. The second-order valence-corrected chi connectivity index (χ2v) is 4.94. The van der Waals surface area contributed by atoms with Gasteiger partial charge in [-0.1, -0.05) is 13.8 Å². The molecule has 0 spiro atoms. The van der Waals surface area contributed by atoms with Crippen molar-refractivity contribution in [2.24, 2.45) is 11.8 Å². The van der Waals surface area contributed by atoms with E-state index in [0.717, 1.165) is 38.3 Å². The Morgan fingerprint density at radius 2 is 2.35 bits per heavy atom. The van der Waals surface area contributed by atoms with E-state index < -0.39 is 0 Å². The molecule has 96 valence electrons. The van der Waals surface area contributed by atoms with Gasteiger partial charge in [0.1, 0.15) is 12.2 Å². The Kier molecular flexibility index (Phi) is 4.50. The van der Waals surface area contributed by atoms with Crippen LogP contribution in [-0.2, 0) is 15.9 Å². The molecule has 17 heavy (non-hydrogen) atoms. The summed E-state index contributed by atoms with van der Waals surface area (Å²) in [6, 6.07) is 0. The predicted octanol–water partition coefficient (Wildman–Crippen LogP) is 1.77. The Morgan fingerprint density at radius 3 is 3.06 bits per heavy atom. The first-order valence-electron chi connectivity index (χ1n) is 6.33. The fourth-order valence-corrected chi connectivity index (χ4v) is 2.02. The van der Waals surface area contributed by atoms with Crippen LogP contribution in [-0.4, -0.2) is 34.7 Å². The zero-order chi connectivity index (χ0) is 12.1. The Balaban J connectivity index is 1.75. The summed E-state index contributed by atoms with van der Waals surface area (Å²) in [6.07, 6.45) is 4.59. The van der Waals surface area contributed by atoms with Crippen molar-refractivity contribution in [2.75, 3.05) is 13.2 Å². The molecule has 1 N–H and O–H groups in total. The fourth-order valence-electron chi connectivity index (χ4n) is 2.02. The quantitative estimate of drug-likeness (QED) is 0.870. The summed E-state index contributed by atoms with van der Waals surface area (Å²) < 4.78 is 11.5. The monoisotopic (exact) mass is 239 g/mol. The standard InChI is InChI=1S/C12H21N3O2/c1-9(2)12-16-6-5-10(7-17-12)3-4-11-13-8-14-15-11/h8-10,12H,3-7H2,1-2H3,(H,13,14,15). The molecular formula is C12H21N3O2. The van der Waals surface area contributed by atoms with E-state index in [1.54, 1.807) is 6.33 Å². The molecule has 2 rings (SSSR count). The van der Waals surface area contributed by atoms with E-state index in [9.17, 15) is 0 Å². The summed E-state index contributed by atoms with van der Waals surface area (Å²) in [4.78, 5) is 4.13. The third-order valence-corrected chi connectivity index (χ3v) is 3.10. The van der Waals surface area contributed by atoms with Gasteiger partial charge in [-0.15, -0.1) is 0 Å². The van der Waals surface area contributed by atoms with E-state index in [1.165, 1.54) is 0 Å². The van der Waals surface area contributed by atoms with E-state index in [-0.39, 0.29) is 6.29 Å². The lowest BCUT2D eigenvalue weighted by atomic mass is 10.0. The summed E-state index contributed by atoms with van der Waals surface area (Å²) in [5.74, 6) is 1.93. The number of hydrogen-bond donors (Lipinski definition) is 1. The van der Waals surface area contributed by atoms with Gasteiger partial charge in [0, 0.05) is 12.3 Å². The molecule has 1 aliphatic heterocycles. The van der Waals surface area contributed by atoms with Crippen molar-refractivity contribution in [3.8, 4) is 0 Å². The van der Waals surface area contributed by atoms with Crippen molar-refractivity contribution < 1.29 is 9.47 Å². The number of aromatic nitrogens is 3. The Bertz CT molecular complexity index is 314. The molecule has 2 atom stereocenters. The third-order valence-electron chi connectivity index (χ3n) is 3.10. The van der Waals surface area contributed by atoms with Crippen LogP contribution in [0.1, 0.15) is 32.5 Å². The average Bonchev–Trinajstić information content (AvgIpc) is 2.70. The third kappa shape index (κ3) is 3.78. The lowest BCUT2D eigenvalue weighted by molar-refractivity contribution is -0.153. The van der Waals surface area contributed by atoms with E-state index in [0.29, 0.717) is 11.8 Å². The van der Waals surface area contributed by atoms with E-state index in [4.69, 9.17) is 9.47 Å². The molecule has 1 aliphatic rings. The minimum absolute atomic E-state index is 0.0368. The maximum atomic E-state index is 5.78. The van der Waals surface area contributed by atoms with Crippen LogP contribution in [0.15, 0.2) is 6.33 Å². The summed E-state index contributed by atoms with van der Waals surface area (Å²) in [6.45, 7) is 5.83. The second-order valence-electron chi connectivity index (χ2n) is 4.94. The van der Waals surface area contributed by atoms with Gasteiger partial charge in [-0.25, -0.2) is 4.98 Å². The van der Waals surface area contributed by atoms with Crippen LogP contribution in [0.4, 0.5) is 0 Å². The summed E-state index contributed by atoms with van der Waals surface area (Å²) in [5.41, 5.74) is 0. The molecule has 0 bridgehead atoms. The minimum Gasteiger partial charge on any atom is -0.352 e. The minimum atomic E-state index is -0.0368. The van der Waals surface area contributed by atoms with Crippen molar-refractivity contribution in [1.82, 2.24) is 15.2 Å². The molecule has 0 radical (unpaired) electrons. The van der Waals surface area contributed by atoms with Gasteiger partial charge in [0.05, 0.1) is 13.2 Å². The Labute approximate surface area is 102 Å². The van der Waals surface area contributed by atoms with Crippen molar-refractivity contribution in [1.29, 1.82) is 0 Å². The van der Waals surface area contributed by atoms with Gasteiger partial charge < -0.3 is 9.47 Å². The van der Waals surface area contributed by atoms with E-state index in [2.05, 4.69) is 29.0 Å². The van der Waals surface area contributed by atoms with Crippen LogP contribution < -0.4 is 0 Å². The van der Waals surface area contributed by atoms with Crippen LogP contribution in [0.3, 0.4) is 0 Å². The number of aryl methyl sites for hydroxylation is 1. The summed E-state index contributed by atoms with van der Waals surface area (Å²) in [7, 11) is 0.